The van der Waals surface area contributed by atoms with Crippen molar-refractivity contribution < 1.29 is 28.8 Å². The SMILES string of the molecule is CCCCON1C(=O)N2CC1CC[C@H]2C(=O)NOCCCNC(=O)OC(C)(C)C. The number of fused-ring (bicyclic) bond motifs is 2. The van der Waals surface area contributed by atoms with Crippen LogP contribution in [0.25, 0.3) is 0 Å². The van der Waals surface area contributed by atoms with Gasteiger partial charge in [0.25, 0.3) is 5.91 Å². The summed E-state index contributed by atoms with van der Waals surface area (Å²) in [7, 11) is 0. The zero-order valence-corrected chi connectivity index (χ0v) is 17.9. The first kappa shape index (κ1) is 23.2. The van der Waals surface area contributed by atoms with Crippen molar-refractivity contribution in [2.75, 3.05) is 26.3 Å². The maximum Gasteiger partial charge on any atom is 0.407 e. The standard InChI is InChI=1S/C19H34N4O6/c1-5-6-12-28-23-14-8-9-15(22(13-14)18(23)26)16(24)21-27-11-7-10-20-17(25)29-19(2,3)4/h14-15H,5-13H2,1-4H3,(H,20,25)(H,21,24)/t14?,15-/m0/s1. The van der Waals surface area contributed by atoms with Crippen LogP contribution in [0.15, 0.2) is 0 Å². The molecule has 166 valence electrons. The predicted molar refractivity (Wildman–Crippen MR) is 105 cm³/mol. The number of carbonyl (C=O) groups excluding carboxylic acids is 3. The molecule has 2 atom stereocenters. The van der Waals surface area contributed by atoms with Gasteiger partial charge in [0.05, 0.1) is 19.3 Å². The second-order valence-corrected chi connectivity index (χ2v) is 8.29. The fourth-order valence-electron chi connectivity index (χ4n) is 3.22. The number of carbonyl (C=O) groups is 3. The van der Waals surface area contributed by atoms with E-state index in [9.17, 15) is 14.4 Å². The van der Waals surface area contributed by atoms with Crippen LogP contribution in [-0.4, -0.2) is 72.0 Å². The molecule has 2 N–H and O–H groups in total. The van der Waals surface area contributed by atoms with E-state index in [1.54, 1.807) is 25.7 Å². The fraction of sp³-hybridized carbons (Fsp3) is 0.842. The van der Waals surface area contributed by atoms with Gasteiger partial charge in [0.15, 0.2) is 0 Å². The molecule has 2 aliphatic heterocycles. The van der Waals surface area contributed by atoms with Crippen LogP contribution >= 0.6 is 0 Å². The Morgan fingerprint density at radius 3 is 2.62 bits per heavy atom. The Morgan fingerprint density at radius 2 is 1.93 bits per heavy atom. The lowest BCUT2D eigenvalue weighted by Gasteiger charge is -2.28. The number of piperidine rings is 1. The zero-order valence-electron chi connectivity index (χ0n) is 17.9. The Kier molecular flexibility index (Phi) is 8.51. The number of nitrogens with one attached hydrogen (secondary N) is 2. The molecule has 0 aromatic rings. The maximum atomic E-state index is 12.5. The zero-order chi connectivity index (χ0) is 21.4. The smallest absolute Gasteiger partial charge is 0.407 e. The molecule has 29 heavy (non-hydrogen) atoms. The Hall–Kier alpha value is -2.07. The van der Waals surface area contributed by atoms with E-state index in [0.717, 1.165) is 12.8 Å². The predicted octanol–water partition coefficient (Wildman–Crippen LogP) is 1.95. The molecule has 0 aromatic carbocycles. The molecule has 0 saturated carbocycles. The van der Waals surface area contributed by atoms with Crippen molar-refractivity contribution in [2.24, 2.45) is 0 Å². The molecule has 2 saturated heterocycles. The Labute approximate surface area is 172 Å². The van der Waals surface area contributed by atoms with Crippen molar-refractivity contribution in [3.8, 4) is 0 Å². The summed E-state index contributed by atoms with van der Waals surface area (Å²) < 4.78 is 5.13. The summed E-state index contributed by atoms with van der Waals surface area (Å²) in [6, 6.07) is -0.813. The van der Waals surface area contributed by atoms with Gasteiger partial charge < -0.3 is 15.0 Å². The highest BCUT2D eigenvalue weighted by molar-refractivity contribution is 5.88. The molecular weight excluding hydrogens is 380 g/mol. The molecule has 2 heterocycles. The van der Waals surface area contributed by atoms with E-state index in [1.807, 2.05) is 0 Å². The molecule has 2 bridgehead atoms. The largest absolute Gasteiger partial charge is 0.444 e. The minimum atomic E-state index is -0.557. The first-order valence-electron chi connectivity index (χ1n) is 10.3. The maximum absolute atomic E-state index is 12.5. The van der Waals surface area contributed by atoms with E-state index in [-0.39, 0.29) is 24.6 Å². The minimum Gasteiger partial charge on any atom is -0.444 e. The molecule has 2 aliphatic rings. The molecule has 10 heteroatoms. The summed E-state index contributed by atoms with van der Waals surface area (Å²) in [5.41, 5.74) is 1.87. The van der Waals surface area contributed by atoms with Crippen LogP contribution in [0.1, 0.15) is 59.8 Å². The summed E-state index contributed by atoms with van der Waals surface area (Å²) in [5, 5.41) is 4.04. The Morgan fingerprint density at radius 1 is 1.17 bits per heavy atom. The van der Waals surface area contributed by atoms with Crippen molar-refractivity contribution >= 4 is 18.0 Å². The number of urea groups is 1. The summed E-state index contributed by atoms with van der Waals surface area (Å²) in [4.78, 5) is 48.8. The number of hydrogen-bond acceptors (Lipinski definition) is 6. The molecular formula is C19H34N4O6. The summed E-state index contributed by atoms with van der Waals surface area (Å²) in [6.45, 7) is 9.03. The van der Waals surface area contributed by atoms with Crippen molar-refractivity contribution in [2.45, 2.75) is 77.5 Å². The minimum absolute atomic E-state index is 0.00301. The third kappa shape index (κ3) is 7.04. The summed E-state index contributed by atoms with van der Waals surface area (Å²) in [5.74, 6) is -0.340. The van der Waals surface area contributed by atoms with E-state index < -0.39 is 17.7 Å². The first-order chi connectivity index (χ1) is 13.7. The number of hydrogen-bond donors (Lipinski definition) is 2. The Bertz CT molecular complexity index is 580. The topological polar surface area (TPSA) is 109 Å². The molecule has 1 unspecified atom stereocenters. The molecule has 10 nitrogen and oxygen atoms in total. The van der Waals surface area contributed by atoms with Gasteiger partial charge in [-0.25, -0.2) is 15.1 Å². The third-order valence-corrected chi connectivity index (χ3v) is 4.62. The second-order valence-electron chi connectivity index (χ2n) is 8.29. The quantitative estimate of drug-likeness (QED) is 0.418. The van der Waals surface area contributed by atoms with Gasteiger partial charge in [0, 0.05) is 13.1 Å². The van der Waals surface area contributed by atoms with Crippen molar-refractivity contribution in [1.82, 2.24) is 20.8 Å². The van der Waals surface area contributed by atoms with E-state index in [2.05, 4.69) is 17.7 Å². The van der Waals surface area contributed by atoms with E-state index in [0.29, 0.717) is 39.0 Å². The fourth-order valence-corrected chi connectivity index (χ4v) is 3.22. The van der Waals surface area contributed by atoms with Gasteiger partial charge in [0.2, 0.25) is 0 Å². The van der Waals surface area contributed by atoms with Crippen LogP contribution in [0.5, 0.6) is 0 Å². The van der Waals surface area contributed by atoms with Gasteiger partial charge in [0.1, 0.15) is 11.6 Å². The number of ether oxygens (including phenoxy) is 1. The molecule has 0 aliphatic carbocycles. The van der Waals surface area contributed by atoms with Gasteiger partial charge in [-0.3, -0.25) is 14.5 Å². The number of alkyl carbamates (subject to hydrolysis) is 1. The van der Waals surface area contributed by atoms with E-state index in [4.69, 9.17) is 14.4 Å². The van der Waals surface area contributed by atoms with Gasteiger partial charge in [-0.15, -0.1) is 0 Å². The van der Waals surface area contributed by atoms with Crippen LogP contribution < -0.4 is 10.8 Å². The molecule has 0 spiro atoms. The number of hydroxylamine groups is 3. The lowest BCUT2D eigenvalue weighted by Crippen LogP contribution is -2.49. The highest BCUT2D eigenvalue weighted by Gasteiger charge is 2.47. The average molecular weight is 415 g/mol. The highest BCUT2D eigenvalue weighted by Crippen LogP contribution is 2.30. The number of amides is 4. The van der Waals surface area contributed by atoms with Gasteiger partial charge in [-0.2, -0.15) is 5.06 Å². The number of unbranched alkanes of at least 4 members (excludes halogenated alkanes) is 1. The van der Waals surface area contributed by atoms with Crippen LogP contribution in [0.4, 0.5) is 9.59 Å². The molecule has 0 aromatic heterocycles. The Balaban J connectivity index is 1.65. The normalized spacial score (nSPS) is 21.3. The van der Waals surface area contributed by atoms with Crippen molar-refractivity contribution in [1.29, 1.82) is 0 Å². The van der Waals surface area contributed by atoms with Crippen molar-refractivity contribution in [3.63, 3.8) is 0 Å². The average Bonchev–Trinajstić information content (AvgIpc) is 2.88. The van der Waals surface area contributed by atoms with Gasteiger partial charge >= 0.3 is 12.1 Å². The second kappa shape index (κ2) is 10.6. The van der Waals surface area contributed by atoms with Crippen LogP contribution in [0.3, 0.4) is 0 Å². The summed E-state index contributed by atoms with van der Waals surface area (Å²) in [6.07, 6.45) is 3.18. The highest BCUT2D eigenvalue weighted by atomic mass is 16.7. The van der Waals surface area contributed by atoms with Crippen LogP contribution in [-0.2, 0) is 19.2 Å². The van der Waals surface area contributed by atoms with Crippen LogP contribution in [0, 0.1) is 0 Å². The summed E-state index contributed by atoms with van der Waals surface area (Å²) >= 11 is 0. The molecule has 2 rings (SSSR count). The number of nitrogens with zero attached hydrogens (tertiary/aromatic N) is 2. The molecule has 0 radical (unpaired) electrons. The lowest BCUT2D eigenvalue weighted by atomic mass is 10.0. The molecule has 2 fully saturated rings. The van der Waals surface area contributed by atoms with E-state index >= 15 is 0 Å². The number of rotatable bonds is 10. The van der Waals surface area contributed by atoms with E-state index in [1.165, 1.54) is 5.06 Å². The molecule has 4 amide bonds. The first-order valence-corrected chi connectivity index (χ1v) is 10.3. The van der Waals surface area contributed by atoms with Crippen LogP contribution in [0.2, 0.25) is 0 Å². The van der Waals surface area contributed by atoms with Gasteiger partial charge in [-0.1, -0.05) is 13.3 Å². The van der Waals surface area contributed by atoms with Crippen molar-refractivity contribution in [3.05, 3.63) is 0 Å². The third-order valence-electron chi connectivity index (χ3n) is 4.62. The van der Waals surface area contributed by atoms with Gasteiger partial charge in [-0.05, 0) is 46.5 Å². The lowest BCUT2D eigenvalue weighted by molar-refractivity contribution is -0.139. The monoisotopic (exact) mass is 414 g/mol.